The molecule has 0 amide bonds. The number of fused-ring (bicyclic) bond motifs is 1. The number of hydrogen-bond donors (Lipinski definition) is 0. The first-order valence-electron chi connectivity index (χ1n) is 4.15. The van der Waals surface area contributed by atoms with Crippen molar-refractivity contribution in [3.05, 3.63) is 16.9 Å². The van der Waals surface area contributed by atoms with Gasteiger partial charge < -0.3 is 4.74 Å². The monoisotopic (exact) mass is 285 g/mol. The van der Waals surface area contributed by atoms with Gasteiger partial charge in [0.1, 0.15) is 0 Å². The van der Waals surface area contributed by atoms with Crippen molar-refractivity contribution in [3.63, 3.8) is 0 Å². The quantitative estimate of drug-likeness (QED) is 0.627. The van der Waals surface area contributed by atoms with Crippen LogP contribution in [0.5, 0.6) is 5.88 Å². The van der Waals surface area contributed by atoms with Crippen LogP contribution in [0.15, 0.2) is 22.0 Å². The molecule has 2 rings (SSSR count). The minimum atomic E-state index is 0.542. The maximum absolute atomic E-state index is 5.14. The Morgan fingerprint density at radius 3 is 2.80 bits per heavy atom. The van der Waals surface area contributed by atoms with Crippen LogP contribution in [-0.4, -0.2) is 28.3 Å². The highest BCUT2D eigenvalue weighted by Crippen LogP contribution is 2.28. The summed E-state index contributed by atoms with van der Waals surface area (Å²) in [4.78, 5) is 12.7. The Balaban J connectivity index is 2.75. The van der Waals surface area contributed by atoms with Crippen LogP contribution < -0.4 is 4.74 Å². The maximum atomic E-state index is 5.14. The number of nitrogens with zero attached hydrogens (tertiary/aromatic N) is 3. The van der Waals surface area contributed by atoms with E-state index in [4.69, 9.17) is 4.74 Å². The largest absolute Gasteiger partial charge is 0.480 e. The Bertz CT molecular complexity index is 506. The van der Waals surface area contributed by atoms with Gasteiger partial charge in [-0.05, 0) is 22.2 Å². The van der Waals surface area contributed by atoms with Crippen molar-refractivity contribution in [2.45, 2.75) is 5.16 Å². The molecule has 2 aromatic heterocycles. The van der Waals surface area contributed by atoms with E-state index in [9.17, 15) is 0 Å². The Morgan fingerprint density at radius 2 is 2.13 bits per heavy atom. The first kappa shape index (κ1) is 10.6. The van der Waals surface area contributed by atoms with Crippen molar-refractivity contribution in [2.24, 2.45) is 0 Å². The average molecular weight is 286 g/mol. The summed E-state index contributed by atoms with van der Waals surface area (Å²) in [5.41, 5.74) is 0.821. The second kappa shape index (κ2) is 4.32. The molecule has 2 aromatic rings. The lowest BCUT2D eigenvalue weighted by Crippen LogP contribution is -1.94. The lowest BCUT2D eigenvalue weighted by Gasteiger charge is -2.05. The summed E-state index contributed by atoms with van der Waals surface area (Å²) in [5.74, 6) is 0.542. The van der Waals surface area contributed by atoms with Gasteiger partial charge in [-0.2, -0.15) is 0 Å². The number of aromatic nitrogens is 3. The van der Waals surface area contributed by atoms with Crippen molar-refractivity contribution in [1.29, 1.82) is 0 Å². The first-order chi connectivity index (χ1) is 7.26. The van der Waals surface area contributed by atoms with Gasteiger partial charge in [-0.15, -0.1) is 0 Å². The molecule has 0 unspecified atom stereocenters. The van der Waals surface area contributed by atoms with Crippen molar-refractivity contribution < 1.29 is 4.74 Å². The van der Waals surface area contributed by atoms with Crippen LogP contribution in [0.3, 0.4) is 0 Å². The SMILES string of the molecule is COc1ncc(Br)c2nc(SC)ncc12. The van der Waals surface area contributed by atoms with Gasteiger partial charge in [0.05, 0.1) is 22.5 Å². The van der Waals surface area contributed by atoms with Crippen molar-refractivity contribution in [3.8, 4) is 5.88 Å². The number of pyridine rings is 1. The molecule has 0 fully saturated rings. The zero-order chi connectivity index (χ0) is 10.8. The van der Waals surface area contributed by atoms with E-state index in [2.05, 4.69) is 30.9 Å². The molecule has 6 heteroatoms. The van der Waals surface area contributed by atoms with E-state index in [1.54, 1.807) is 19.5 Å². The summed E-state index contributed by atoms with van der Waals surface area (Å²) < 4.78 is 5.98. The second-order valence-electron chi connectivity index (χ2n) is 2.73. The Hall–Kier alpha value is -0.880. The highest BCUT2D eigenvalue weighted by Gasteiger charge is 2.09. The third kappa shape index (κ3) is 1.91. The van der Waals surface area contributed by atoms with Gasteiger partial charge in [-0.25, -0.2) is 15.0 Å². The highest BCUT2D eigenvalue weighted by molar-refractivity contribution is 9.10. The number of halogens is 1. The van der Waals surface area contributed by atoms with Crippen LogP contribution in [0.4, 0.5) is 0 Å². The minimum Gasteiger partial charge on any atom is -0.480 e. The number of methoxy groups -OCH3 is 1. The fourth-order valence-electron chi connectivity index (χ4n) is 1.21. The molecule has 0 aromatic carbocycles. The van der Waals surface area contributed by atoms with Crippen molar-refractivity contribution >= 4 is 38.6 Å². The van der Waals surface area contributed by atoms with Crippen molar-refractivity contribution in [1.82, 2.24) is 15.0 Å². The number of ether oxygens (including phenoxy) is 1. The summed E-state index contributed by atoms with van der Waals surface area (Å²) >= 11 is 4.91. The van der Waals surface area contributed by atoms with Crippen LogP contribution in [0.2, 0.25) is 0 Å². The molecule has 78 valence electrons. The van der Waals surface area contributed by atoms with Gasteiger partial charge in [-0.3, -0.25) is 0 Å². The molecule has 0 N–H and O–H groups in total. The molecule has 15 heavy (non-hydrogen) atoms. The third-order valence-electron chi connectivity index (χ3n) is 1.89. The minimum absolute atomic E-state index is 0.542. The summed E-state index contributed by atoms with van der Waals surface area (Å²) in [6.07, 6.45) is 5.34. The molecule has 0 bridgehead atoms. The smallest absolute Gasteiger partial charge is 0.224 e. The van der Waals surface area contributed by atoms with Gasteiger partial charge in [0.25, 0.3) is 0 Å². The zero-order valence-electron chi connectivity index (χ0n) is 8.19. The van der Waals surface area contributed by atoms with Crippen molar-refractivity contribution in [2.75, 3.05) is 13.4 Å². The molecule has 0 radical (unpaired) electrons. The molecular formula is C9H8BrN3OS. The maximum Gasteiger partial charge on any atom is 0.224 e. The predicted octanol–water partition coefficient (Wildman–Crippen LogP) is 2.52. The fraction of sp³-hybridized carbons (Fsp3) is 0.222. The van der Waals surface area contributed by atoms with Crippen LogP contribution in [0.1, 0.15) is 0 Å². The van der Waals surface area contributed by atoms with Gasteiger partial charge in [-0.1, -0.05) is 11.8 Å². The Morgan fingerprint density at radius 1 is 1.33 bits per heavy atom. The average Bonchev–Trinajstić information content (AvgIpc) is 2.29. The third-order valence-corrected chi connectivity index (χ3v) is 3.04. The van der Waals surface area contributed by atoms with Crippen LogP contribution >= 0.6 is 27.7 Å². The van der Waals surface area contributed by atoms with E-state index >= 15 is 0 Å². The summed E-state index contributed by atoms with van der Waals surface area (Å²) in [7, 11) is 1.58. The lowest BCUT2D eigenvalue weighted by molar-refractivity contribution is 0.403. The van der Waals surface area contributed by atoms with E-state index in [1.165, 1.54) is 11.8 Å². The summed E-state index contributed by atoms with van der Waals surface area (Å²) in [6, 6.07) is 0. The number of rotatable bonds is 2. The highest BCUT2D eigenvalue weighted by atomic mass is 79.9. The van der Waals surface area contributed by atoms with E-state index < -0.39 is 0 Å². The summed E-state index contributed by atoms with van der Waals surface area (Å²) in [6.45, 7) is 0. The Kier molecular flexibility index (Phi) is 3.06. The van der Waals surface area contributed by atoms with Gasteiger partial charge in [0.2, 0.25) is 5.88 Å². The molecule has 0 aliphatic rings. The van der Waals surface area contributed by atoms with E-state index in [-0.39, 0.29) is 0 Å². The normalized spacial score (nSPS) is 10.6. The molecule has 0 atom stereocenters. The molecule has 0 aliphatic heterocycles. The molecule has 4 nitrogen and oxygen atoms in total. The molecule has 2 heterocycles. The van der Waals surface area contributed by atoms with Gasteiger partial charge in [0, 0.05) is 12.4 Å². The van der Waals surface area contributed by atoms with E-state index in [0.29, 0.717) is 5.88 Å². The van der Waals surface area contributed by atoms with Crippen LogP contribution in [0, 0.1) is 0 Å². The predicted molar refractivity (Wildman–Crippen MR) is 63.4 cm³/mol. The Labute approximate surface area is 99.6 Å². The summed E-state index contributed by atoms with van der Waals surface area (Å²) in [5, 5.41) is 1.54. The first-order valence-corrected chi connectivity index (χ1v) is 6.17. The molecule has 0 aliphatic carbocycles. The molecule has 0 spiro atoms. The van der Waals surface area contributed by atoms with Gasteiger partial charge in [0.15, 0.2) is 5.16 Å². The number of thioether (sulfide) groups is 1. The standard InChI is InChI=1S/C9H8BrN3OS/c1-14-8-5-3-12-9(15-2)13-7(5)6(10)4-11-8/h3-4H,1-2H3. The fourth-order valence-corrected chi connectivity index (χ4v) is 1.96. The van der Waals surface area contributed by atoms with E-state index in [1.807, 2.05) is 6.26 Å². The molecule has 0 saturated heterocycles. The van der Waals surface area contributed by atoms with Crippen LogP contribution in [-0.2, 0) is 0 Å². The van der Waals surface area contributed by atoms with E-state index in [0.717, 1.165) is 20.5 Å². The zero-order valence-corrected chi connectivity index (χ0v) is 10.6. The molecule has 0 saturated carbocycles. The lowest BCUT2D eigenvalue weighted by atomic mass is 10.3. The van der Waals surface area contributed by atoms with Crippen LogP contribution in [0.25, 0.3) is 10.9 Å². The topological polar surface area (TPSA) is 47.9 Å². The number of hydrogen-bond acceptors (Lipinski definition) is 5. The second-order valence-corrected chi connectivity index (χ2v) is 4.36. The molecular weight excluding hydrogens is 278 g/mol. The van der Waals surface area contributed by atoms with Gasteiger partial charge >= 0.3 is 0 Å².